The van der Waals surface area contributed by atoms with Gasteiger partial charge in [0.2, 0.25) is 5.91 Å². The van der Waals surface area contributed by atoms with E-state index in [9.17, 15) is 9.90 Å². The summed E-state index contributed by atoms with van der Waals surface area (Å²) in [5, 5.41) is 10.6. The summed E-state index contributed by atoms with van der Waals surface area (Å²) < 4.78 is 11.7. The Morgan fingerprint density at radius 2 is 2.22 bits per heavy atom. The second-order valence-electron chi connectivity index (χ2n) is 7.41. The topological polar surface area (TPSA) is 59.0 Å². The minimum absolute atomic E-state index is 0.162. The molecule has 5 rings (SSSR count). The average molecular weight is 315 g/mol. The number of amides is 1. The van der Waals surface area contributed by atoms with Crippen molar-refractivity contribution in [3.63, 3.8) is 0 Å². The van der Waals surface area contributed by atoms with E-state index in [2.05, 4.69) is 6.07 Å². The van der Waals surface area contributed by atoms with E-state index in [0.29, 0.717) is 18.1 Å². The molecule has 5 heteroatoms. The first kappa shape index (κ1) is 13.7. The van der Waals surface area contributed by atoms with E-state index in [4.69, 9.17) is 9.47 Å². The SMILES string of the molecule is COc1ccc2c3c1OC1C(O)CCC4C(C2)N(C)C(=O)CC341. The molecule has 1 N–H and O–H groups in total. The summed E-state index contributed by atoms with van der Waals surface area (Å²) >= 11 is 0. The zero-order valence-electron chi connectivity index (χ0n) is 13.4. The number of aliphatic hydroxyl groups excluding tert-OH is 1. The number of hydrogen-bond acceptors (Lipinski definition) is 4. The van der Waals surface area contributed by atoms with Crippen LogP contribution in [0.2, 0.25) is 0 Å². The molecule has 5 nitrogen and oxygen atoms in total. The summed E-state index contributed by atoms with van der Waals surface area (Å²) in [6.45, 7) is 0. The number of rotatable bonds is 1. The molecule has 2 aliphatic carbocycles. The number of aliphatic hydroxyl groups is 1. The summed E-state index contributed by atoms with van der Waals surface area (Å²) in [4.78, 5) is 14.6. The van der Waals surface area contributed by atoms with E-state index < -0.39 is 6.10 Å². The molecule has 1 aromatic carbocycles. The van der Waals surface area contributed by atoms with Crippen molar-refractivity contribution < 1.29 is 19.4 Å². The number of benzene rings is 1. The van der Waals surface area contributed by atoms with Crippen LogP contribution in [0, 0.1) is 5.92 Å². The highest BCUT2D eigenvalue weighted by atomic mass is 16.5. The average Bonchev–Trinajstić information content (AvgIpc) is 2.89. The fraction of sp³-hybridized carbons (Fsp3) is 0.611. The van der Waals surface area contributed by atoms with E-state index in [-0.39, 0.29) is 23.5 Å². The zero-order valence-corrected chi connectivity index (χ0v) is 13.4. The molecule has 0 aromatic heterocycles. The van der Waals surface area contributed by atoms with Crippen molar-refractivity contribution in [2.45, 2.75) is 49.3 Å². The molecular weight excluding hydrogens is 294 g/mol. The van der Waals surface area contributed by atoms with Gasteiger partial charge in [0, 0.05) is 25.1 Å². The van der Waals surface area contributed by atoms with E-state index in [1.807, 2.05) is 18.0 Å². The van der Waals surface area contributed by atoms with Gasteiger partial charge in [-0.1, -0.05) is 6.07 Å². The Kier molecular flexibility index (Phi) is 2.50. The Hall–Kier alpha value is -1.75. The maximum Gasteiger partial charge on any atom is 0.223 e. The van der Waals surface area contributed by atoms with Crippen molar-refractivity contribution in [2.24, 2.45) is 5.92 Å². The molecule has 5 atom stereocenters. The molecule has 1 saturated carbocycles. The molecule has 1 saturated heterocycles. The molecule has 0 radical (unpaired) electrons. The van der Waals surface area contributed by atoms with Crippen molar-refractivity contribution >= 4 is 5.91 Å². The lowest BCUT2D eigenvalue weighted by Gasteiger charge is -2.57. The van der Waals surface area contributed by atoms with Gasteiger partial charge in [0.05, 0.1) is 18.6 Å². The van der Waals surface area contributed by atoms with Crippen LogP contribution in [-0.4, -0.2) is 48.3 Å². The predicted octanol–water partition coefficient (Wildman–Crippen LogP) is 1.25. The van der Waals surface area contributed by atoms with Crippen molar-refractivity contribution in [1.82, 2.24) is 4.90 Å². The van der Waals surface area contributed by atoms with Crippen LogP contribution in [0.1, 0.15) is 30.4 Å². The minimum Gasteiger partial charge on any atom is -0.493 e. The van der Waals surface area contributed by atoms with Crippen molar-refractivity contribution in [1.29, 1.82) is 0 Å². The van der Waals surface area contributed by atoms with Gasteiger partial charge < -0.3 is 19.5 Å². The molecule has 1 spiro atoms. The summed E-state index contributed by atoms with van der Waals surface area (Å²) in [5.74, 6) is 2.00. The third-order valence-corrected chi connectivity index (χ3v) is 6.66. The summed E-state index contributed by atoms with van der Waals surface area (Å²) in [6.07, 6.45) is 2.13. The van der Waals surface area contributed by atoms with Crippen LogP contribution in [0.15, 0.2) is 12.1 Å². The fourth-order valence-corrected chi connectivity index (χ4v) is 5.70. The van der Waals surface area contributed by atoms with Gasteiger partial charge in [0.1, 0.15) is 6.10 Å². The molecule has 2 bridgehead atoms. The second-order valence-corrected chi connectivity index (χ2v) is 7.41. The van der Waals surface area contributed by atoms with Gasteiger partial charge in [0.15, 0.2) is 11.5 Å². The second kappa shape index (κ2) is 4.20. The molecule has 1 amide bonds. The first-order valence-corrected chi connectivity index (χ1v) is 8.38. The van der Waals surface area contributed by atoms with Gasteiger partial charge in [0.25, 0.3) is 0 Å². The Labute approximate surface area is 135 Å². The van der Waals surface area contributed by atoms with Gasteiger partial charge in [-0.05, 0) is 36.8 Å². The summed E-state index contributed by atoms with van der Waals surface area (Å²) in [5.41, 5.74) is 2.02. The third kappa shape index (κ3) is 1.41. The predicted molar refractivity (Wildman–Crippen MR) is 82.7 cm³/mol. The molecule has 2 fully saturated rings. The number of ether oxygens (including phenoxy) is 2. The first-order chi connectivity index (χ1) is 11.1. The Morgan fingerprint density at radius 1 is 1.39 bits per heavy atom. The summed E-state index contributed by atoms with van der Waals surface area (Å²) in [6, 6.07) is 4.27. The number of nitrogens with zero attached hydrogens (tertiary/aromatic N) is 1. The number of carbonyl (C=O) groups excluding carboxylic acids is 1. The molecule has 23 heavy (non-hydrogen) atoms. The highest BCUT2D eigenvalue weighted by molar-refractivity contribution is 5.82. The van der Waals surface area contributed by atoms with E-state index >= 15 is 0 Å². The third-order valence-electron chi connectivity index (χ3n) is 6.66. The van der Waals surface area contributed by atoms with Crippen molar-refractivity contribution in [3.05, 3.63) is 23.3 Å². The Bertz CT molecular complexity index is 717. The minimum atomic E-state index is -0.522. The quantitative estimate of drug-likeness (QED) is 0.847. The first-order valence-electron chi connectivity index (χ1n) is 8.38. The number of carbonyl (C=O) groups is 1. The number of likely N-dealkylation sites (N-methyl/N-ethyl adjacent to an activating group) is 1. The molecule has 2 aliphatic heterocycles. The summed E-state index contributed by atoms with van der Waals surface area (Å²) in [7, 11) is 3.56. The van der Waals surface area contributed by atoms with Crippen molar-refractivity contribution in [2.75, 3.05) is 14.2 Å². The van der Waals surface area contributed by atoms with Crippen LogP contribution in [0.3, 0.4) is 0 Å². The van der Waals surface area contributed by atoms with E-state index in [1.54, 1.807) is 7.11 Å². The molecule has 2 heterocycles. The number of methoxy groups -OCH3 is 1. The van der Waals surface area contributed by atoms with Gasteiger partial charge in [-0.25, -0.2) is 0 Å². The lowest BCUT2D eigenvalue weighted by atomic mass is 9.51. The monoisotopic (exact) mass is 315 g/mol. The largest absolute Gasteiger partial charge is 0.493 e. The van der Waals surface area contributed by atoms with Gasteiger partial charge in [-0.15, -0.1) is 0 Å². The number of likely N-dealkylation sites (tertiary alicyclic amines) is 1. The maximum atomic E-state index is 12.7. The van der Waals surface area contributed by atoms with Gasteiger partial charge in [-0.2, -0.15) is 0 Å². The maximum absolute atomic E-state index is 12.7. The molecule has 4 aliphatic rings. The van der Waals surface area contributed by atoms with Crippen LogP contribution < -0.4 is 9.47 Å². The fourth-order valence-electron chi connectivity index (χ4n) is 5.70. The molecule has 5 unspecified atom stereocenters. The number of hydrogen-bond donors (Lipinski definition) is 1. The van der Waals surface area contributed by atoms with E-state index in [1.165, 1.54) is 5.56 Å². The van der Waals surface area contributed by atoms with Gasteiger partial charge in [-0.3, -0.25) is 4.79 Å². The van der Waals surface area contributed by atoms with Crippen LogP contribution in [0.5, 0.6) is 11.5 Å². The lowest BCUT2D eigenvalue weighted by Crippen LogP contribution is -2.67. The van der Waals surface area contributed by atoms with Crippen LogP contribution in [0.4, 0.5) is 0 Å². The van der Waals surface area contributed by atoms with Crippen LogP contribution >= 0.6 is 0 Å². The molecular formula is C18H21NO4. The highest BCUT2D eigenvalue weighted by Gasteiger charge is 2.67. The lowest BCUT2D eigenvalue weighted by molar-refractivity contribution is -0.153. The van der Waals surface area contributed by atoms with Gasteiger partial charge >= 0.3 is 0 Å². The van der Waals surface area contributed by atoms with Crippen LogP contribution in [-0.2, 0) is 16.6 Å². The Morgan fingerprint density at radius 3 is 3.00 bits per heavy atom. The zero-order chi connectivity index (χ0) is 15.9. The Balaban J connectivity index is 1.82. The normalized spacial score (nSPS) is 39.8. The number of piperidine rings is 1. The van der Waals surface area contributed by atoms with Crippen molar-refractivity contribution in [3.8, 4) is 11.5 Å². The highest BCUT2D eigenvalue weighted by Crippen LogP contribution is 2.63. The molecule has 1 aromatic rings. The van der Waals surface area contributed by atoms with Crippen LogP contribution in [0.25, 0.3) is 0 Å². The van der Waals surface area contributed by atoms with E-state index in [0.717, 1.165) is 30.6 Å². The standard InChI is InChI=1S/C18H21NO4/c1-19-11-7-9-3-6-13(22-2)16-15(9)18(8-14(19)21)10(11)4-5-12(20)17(18)23-16/h3,6,10-12,17,20H,4-5,7-8H2,1-2H3. The molecule has 122 valence electrons. The smallest absolute Gasteiger partial charge is 0.223 e.